The summed E-state index contributed by atoms with van der Waals surface area (Å²) in [5, 5.41) is 4.23. The fraction of sp³-hybridized carbons (Fsp3) is 0.0714. The van der Waals surface area contributed by atoms with Gasteiger partial charge in [-0.25, -0.2) is 9.12 Å². The highest BCUT2D eigenvalue weighted by Crippen LogP contribution is 2.37. The Labute approximate surface area is 123 Å². The van der Waals surface area contributed by atoms with Crippen molar-refractivity contribution in [2.24, 2.45) is 4.40 Å². The van der Waals surface area contributed by atoms with E-state index in [1.54, 1.807) is 22.7 Å². The van der Waals surface area contributed by atoms with Crippen molar-refractivity contribution >= 4 is 51.7 Å². The van der Waals surface area contributed by atoms with E-state index in [4.69, 9.17) is 0 Å². The quantitative estimate of drug-likeness (QED) is 0.838. The molecule has 2 aliphatic rings. The summed E-state index contributed by atoms with van der Waals surface area (Å²) in [4.78, 5) is 2.60. The summed E-state index contributed by atoms with van der Waals surface area (Å²) in [5.41, 5.74) is 3.72. The third-order valence-electron chi connectivity index (χ3n) is 3.20. The molecule has 2 aromatic rings. The Hall–Kier alpha value is -1.14. The fourth-order valence-corrected chi connectivity index (χ4v) is 4.56. The zero-order valence-corrected chi connectivity index (χ0v) is 12.3. The van der Waals surface area contributed by atoms with Crippen molar-refractivity contribution < 1.29 is 0 Å². The molecule has 1 N–H and O–H groups in total. The summed E-state index contributed by atoms with van der Waals surface area (Å²) in [6.07, 6.45) is 4.42. The third-order valence-corrected chi connectivity index (χ3v) is 5.65. The molecule has 3 heterocycles. The summed E-state index contributed by atoms with van der Waals surface area (Å²) in [5.74, 6) is 0. The molecule has 2 nitrogen and oxygen atoms in total. The molecule has 4 rings (SSSR count). The van der Waals surface area contributed by atoms with Crippen LogP contribution in [0.4, 0.5) is 0 Å². The first-order valence-corrected chi connectivity index (χ1v) is 8.46. The predicted octanol–water partition coefficient (Wildman–Crippen LogP) is 4.27. The Morgan fingerprint density at radius 1 is 1.00 bits per heavy atom. The van der Waals surface area contributed by atoms with Crippen LogP contribution in [0.3, 0.4) is 0 Å². The van der Waals surface area contributed by atoms with Crippen LogP contribution in [-0.2, 0) is 0 Å². The molecule has 0 amide bonds. The molecule has 0 saturated heterocycles. The van der Waals surface area contributed by atoms with E-state index < -0.39 is 0 Å². The number of allylic oxidation sites excluding steroid dienone is 2. The maximum absolute atomic E-state index is 4.58. The van der Waals surface area contributed by atoms with Gasteiger partial charge < -0.3 is 0 Å². The molecule has 0 aromatic carbocycles. The molecule has 94 valence electrons. The molecule has 0 saturated carbocycles. The van der Waals surface area contributed by atoms with Crippen molar-refractivity contribution in [2.75, 3.05) is 0 Å². The van der Waals surface area contributed by atoms with Crippen LogP contribution in [0.25, 0.3) is 11.1 Å². The van der Waals surface area contributed by atoms with E-state index in [1.165, 1.54) is 33.0 Å². The lowest BCUT2D eigenvalue weighted by Crippen LogP contribution is -2.31. The molecule has 19 heavy (non-hydrogen) atoms. The maximum Gasteiger partial charge on any atom is 0.0887 e. The Balaban J connectivity index is 1.83. The van der Waals surface area contributed by atoms with Gasteiger partial charge in [0.25, 0.3) is 0 Å². The first kappa shape index (κ1) is 11.7. The number of fused-ring (bicyclic) bond motifs is 1. The summed E-state index contributed by atoms with van der Waals surface area (Å²) in [6.45, 7) is 0. The van der Waals surface area contributed by atoms with Crippen LogP contribution < -0.4 is 4.72 Å². The number of hydrogen-bond acceptors (Lipinski definition) is 5. The second kappa shape index (κ2) is 4.76. The van der Waals surface area contributed by atoms with E-state index in [9.17, 15) is 0 Å². The van der Waals surface area contributed by atoms with Gasteiger partial charge in [-0.1, -0.05) is 24.3 Å². The van der Waals surface area contributed by atoms with Gasteiger partial charge in [-0.05, 0) is 28.5 Å². The van der Waals surface area contributed by atoms with E-state index in [1.807, 2.05) is 0 Å². The van der Waals surface area contributed by atoms with Gasteiger partial charge in [0.2, 0.25) is 0 Å². The van der Waals surface area contributed by atoms with E-state index in [-0.39, 0.29) is 6.04 Å². The van der Waals surface area contributed by atoms with Gasteiger partial charge in [0.1, 0.15) is 0 Å². The average molecular weight is 302 g/mol. The maximum atomic E-state index is 4.58. The second-order valence-corrected chi connectivity index (χ2v) is 6.77. The minimum absolute atomic E-state index is 0.214. The molecule has 0 bridgehead atoms. The van der Waals surface area contributed by atoms with Crippen molar-refractivity contribution in [1.82, 2.24) is 4.72 Å². The van der Waals surface area contributed by atoms with E-state index in [0.717, 1.165) is 5.71 Å². The topological polar surface area (TPSA) is 24.4 Å². The molecular weight excluding hydrogens is 292 g/mol. The number of nitrogens with one attached hydrogen (secondary N) is 1. The molecule has 1 atom stereocenters. The van der Waals surface area contributed by atoms with Crippen LogP contribution in [0.5, 0.6) is 0 Å². The van der Waals surface area contributed by atoms with Gasteiger partial charge in [-0.2, -0.15) is 0 Å². The lowest BCUT2D eigenvalue weighted by Gasteiger charge is -2.21. The smallest absolute Gasteiger partial charge is 0.0887 e. The highest BCUT2D eigenvalue weighted by molar-refractivity contribution is 7.96. The lowest BCUT2D eigenvalue weighted by molar-refractivity contribution is 1.03. The number of thiophene rings is 2. The standard InChI is InChI=1S/C14H10N2S3/c1-3-11(17-7-1)9-5-6-10(12-4-2-8-18-12)14-13(9)15-19-16-14/h1-8,13,15H. The van der Waals surface area contributed by atoms with E-state index in [2.05, 4.69) is 56.3 Å². The lowest BCUT2D eigenvalue weighted by atomic mass is 9.90. The molecule has 0 spiro atoms. The van der Waals surface area contributed by atoms with Crippen LogP contribution in [0.15, 0.2) is 51.6 Å². The number of hydrogen-bond donors (Lipinski definition) is 1. The highest BCUT2D eigenvalue weighted by atomic mass is 32.2. The summed E-state index contributed by atoms with van der Waals surface area (Å²) >= 11 is 4.99. The first-order chi connectivity index (χ1) is 9.43. The minimum Gasteiger partial charge on any atom is -0.231 e. The zero-order valence-electron chi connectivity index (χ0n) is 9.87. The van der Waals surface area contributed by atoms with Gasteiger partial charge in [0, 0.05) is 15.3 Å². The largest absolute Gasteiger partial charge is 0.231 e. The first-order valence-electron chi connectivity index (χ1n) is 5.93. The molecule has 2 aromatic heterocycles. The number of nitrogens with zero attached hydrogens (tertiary/aromatic N) is 1. The number of rotatable bonds is 2. The van der Waals surface area contributed by atoms with Crippen LogP contribution in [0.1, 0.15) is 9.75 Å². The Morgan fingerprint density at radius 2 is 1.79 bits per heavy atom. The summed E-state index contributed by atoms with van der Waals surface area (Å²) in [7, 11) is 0. The molecule has 0 radical (unpaired) electrons. The van der Waals surface area contributed by atoms with Gasteiger partial charge in [-0.3, -0.25) is 0 Å². The Kier molecular flexibility index (Phi) is 2.92. The van der Waals surface area contributed by atoms with Crippen LogP contribution >= 0.6 is 34.8 Å². The normalized spacial score (nSPS) is 21.7. The van der Waals surface area contributed by atoms with Crippen molar-refractivity contribution in [2.45, 2.75) is 6.04 Å². The van der Waals surface area contributed by atoms with Gasteiger partial charge in [0.05, 0.1) is 23.9 Å². The molecular formula is C14H10N2S3. The molecule has 1 aliphatic heterocycles. The minimum atomic E-state index is 0.214. The molecule has 0 fully saturated rings. The Morgan fingerprint density at radius 3 is 2.53 bits per heavy atom. The van der Waals surface area contributed by atoms with Crippen LogP contribution in [-0.4, -0.2) is 11.8 Å². The summed E-state index contributed by atoms with van der Waals surface area (Å²) in [6, 6.07) is 8.72. The SMILES string of the molecule is C1=C(c2cccs2)C2=NSNC2C(c2cccs2)=C1. The highest BCUT2D eigenvalue weighted by Gasteiger charge is 2.32. The van der Waals surface area contributed by atoms with E-state index >= 15 is 0 Å². The molecule has 1 unspecified atom stereocenters. The fourth-order valence-electron chi connectivity index (χ4n) is 2.31. The van der Waals surface area contributed by atoms with Gasteiger partial charge >= 0.3 is 0 Å². The van der Waals surface area contributed by atoms with Crippen LogP contribution in [0, 0.1) is 0 Å². The van der Waals surface area contributed by atoms with Gasteiger partial charge in [-0.15, -0.1) is 22.7 Å². The molecule has 1 aliphatic carbocycles. The van der Waals surface area contributed by atoms with Crippen molar-refractivity contribution in [1.29, 1.82) is 0 Å². The van der Waals surface area contributed by atoms with Crippen molar-refractivity contribution in [3.63, 3.8) is 0 Å². The predicted molar refractivity (Wildman–Crippen MR) is 86.5 cm³/mol. The Bertz CT molecular complexity index is 678. The van der Waals surface area contributed by atoms with Crippen molar-refractivity contribution in [3.8, 4) is 0 Å². The average Bonchev–Trinajstić information content (AvgIpc) is 3.19. The molecule has 5 heteroatoms. The van der Waals surface area contributed by atoms with E-state index in [0.29, 0.717) is 0 Å². The second-order valence-electron chi connectivity index (χ2n) is 4.28. The summed E-state index contributed by atoms with van der Waals surface area (Å²) < 4.78 is 7.98. The third kappa shape index (κ3) is 1.94. The van der Waals surface area contributed by atoms with Crippen molar-refractivity contribution in [3.05, 3.63) is 56.9 Å². The van der Waals surface area contributed by atoms with Gasteiger partial charge in [0.15, 0.2) is 0 Å². The van der Waals surface area contributed by atoms with Crippen LogP contribution in [0.2, 0.25) is 0 Å². The monoisotopic (exact) mass is 302 g/mol. The zero-order chi connectivity index (χ0) is 12.7.